The van der Waals surface area contributed by atoms with Gasteiger partial charge in [0.05, 0.1) is 16.9 Å². The van der Waals surface area contributed by atoms with Gasteiger partial charge in [-0.3, -0.25) is 0 Å². The van der Waals surface area contributed by atoms with Gasteiger partial charge in [0.2, 0.25) is 5.95 Å². The summed E-state index contributed by atoms with van der Waals surface area (Å²) < 4.78 is 1.95. The van der Waals surface area contributed by atoms with E-state index in [1.54, 1.807) is 0 Å². The molecule has 0 aromatic carbocycles. The fourth-order valence-corrected chi connectivity index (χ4v) is 4.38. The Bertz CT molecular complexity index is 955. The number of unbranched alkanes of at least 4 members (excludes halogenated alkanes) is 1. The zero-order chi connectivity index (χ0) is 20.9. The number of nitrogens with one attached hydrogen (secondary N) is 1. The van der Waals surface area contributed by atoms with E-state index in [-0.39, 0.29) is 0 Å². The van der Waals surface area contributed by atoms with E-state index in [4.69, 9.17) is 10.1 Å². The van der Waals surface area contributed by atoms with E-state index in [0.717, 1.165) is 41.4 Å². The molecule has 4 heterocycles. The zero-order valence-electron chi connectivity index (χ0n) is 18.5. The summed E-state index contributed by atoms with van der Waals surface area (Å²) in [5.41, 5.74) is 4.20. The average molecular weight is 407 g/mol. The van der Waals surface area contributed by atoms with E-state index in [1.165, 1.54) is 38.8 Å². The lowest BCUT2D eigenvalue weighted by molar-refractivity contribution is 0.210. The minimum atomic E-state index is 0.325. The molecule has 160 valence electrons. The van der Waals surface area contributed by atoms with Gasteiger partial charge in [-0.2, -0.15) is 5.10 Å². The SMILES string of the molecule is CC(C)c1nn2ccccc2c1-c1ccnc(NCCCCC2CCN(C)CC2)n1. The summed E-state index contributed by atoms with van der Waals surface area (Å²) in [4.78, 5) is 11.7. The normalized spacial score (nSPS) is 15.9. The van der Waals surface area contributed by atoms with Gasteiger partial charge in [0.25, 0.3) is 0 Å². The topological polar surface area (TPSA) is 58.4 Å². The summed E-state index contributed by atoms with van der Waals surface area (Å²) in [6.45, 7) is 7.78. The number of fused-ring (bicyclic) bond motifs is 1. The first-order valence-electron chi connectivity index (χ1n) is 11.3. The molecule has 0 aliphatic carbocycles. The van der Waals surface area contributed by atoms with E-state index in [9.17, 15) is 0 Å². The quantitative estimate of drug-likeness (QED) is 0.543. The fraction of sp³-hybridized carbons (Fsp3) is 0.542. The van der Waals surface area contributed by atoms with E-state index in [0.29, 0.717) is 11.9 Å². The predicted molar refractivity (Wildman–Crippen MR) is 123 cm³/mol. The Kier molecular flexibility index (Phi) is 6.62. The zero-order valence-corrected chi connectivity index (χ0v) is 18.5. The third kappa shape index (κ3) is 4.81. The molecule has 3 aromatic heterocycles. The van der Waals surface area contributed by atoms with Crippen LogP contribution in [-0.2, 0) is 0 Å². The van der Waals surface area contributed by atoms with Gasteiger partial charge in [0, 0.05) is 24.5 Å². The van der Waals surface area contributed by atoms with Crippen molar-refractivity contribution in [1.82, 2.24) is 24.5 Å². The van der Waals surface area contributed by atoms with E-state index >= 15 is 0 Å². The van der Waals surface area contributed by atoms with Crippen molar-refractivity contribution >= 4 is 11.5 Å². The summed E-state index contributed by atoms with van der Waals surface area (Å²) >= 11 is 0. The standard InChI is InChI=1S/C24H34N6/c1-18(2)23-22(21-9-5-7-15-30(21)28-23)20-10-14-26-24(27-20)25-13-6-4-8-19-11-16-29(3)17-12-19/h5,7,9-10,14-15,18-19H,4,6,8,11-13,16-17H2,1-3H3,(H,25,26,27). The number of likely N-dealkylation sites (tertiary alicyclic amines) is 1. The maximum atomic E-state index is 4.82. The van der Waals surface area contributed by atoms with Gasteiger partial charge in [-0.25, -0.2) is 14.5 Å². The van der Waals surface area contributed by atoms with Crippen molar-refractivity contribution in [3.05, 3.63) is 42.4 Å². The van der Waals surface area contributed by atoms with Crippen LogP contribution in [0.1, 0.15) is 57.6 Å². The summed E-state index contributed by atoms with van der Waals surface area (Å²) in [5, 5.41) is 8.22. The molecule has 1 N–H and O–H groups in total. The molecule has 6 nitrogen and oxygen atoms in total. The molecule has 0 spiro atoms. The number of hydrogen-bond donors (Lipinski definition) is 1. The second-order valence-electron chi connectivity index (χ2n) is 8.88. The molecule has 30 heavy (non-hydrogen) atoms. The van der Waals surface area contributed by atoms with Gasteiger partial charge in [-0.05, 0) is 69.4 Å². The summed E-state index contributed by atoms with van der Waals surface area (Å²) in [7, 11) is 2.23. The molecule has 3 aromatic rings. The highest BCUT2D eigenvalue weighted by Crippen LogP contribution is 2.31. The Labute approximate surface area is 179 Å². The minimum absolute atomic E-state index is 0.325. The Morgan fingerprint density at radius 1 is 1.13 bits per heavy atom. The lowest BCUT2D eigenvalue weighted by Gasteiger charge is -2.28. The van der Waals surface area contributed by atoms with Crippen LogP contribution in [0.15, 0.2) is 36.7 Å². The number of anilines is 1. The number of aromatic nitrogens is 4. The molecular weight excluding hydrogens is 372 g/mol. The fourth-order valence-electron chi connectivity index (χ4n) is 4.38. The highest BCUT2D eigenvalue weighted by Gasteiger charge is 2.19. The lowest BCUT2D eigenvalue weighted by atomic mass is 9.92. The van der Waals surface area contributed by atoms with Gasteiger partial charge in [0.1, 0.15) is 0 Å². The number of piperidine rings is 1. The van der Waals surface area contributed by atoms with Crippen molar-refractivity contribution in [2.75, 3.05) is 32.0 Å². The van der Waals surface area contributed by atoms with Crippen molar-refractivity contribution in [2.45, 2.75) is 51.9 Å². The van der Waals surface area contributed by atoms with Crippen LogP contribution in [-0.4, -0.2) is 51.2 Å². The molecule has 1 aliphatic rings. The molecule has 0 unspecified atom stereocenters. The Balaban J connectivity index is 1.38. The Morgan fingerprint density at radius 3 is 2.77 bits per heavy atom. The third-order valence-electron chi connectivity index (χ3n) is 6.19. The van der Waals surface area contributed by atoms with E-state index in [1.807, 2.05) is 29.0 Å². The number of hydrogen-bond acceptors (Lipinski definition) is 5. The molecule has 0 saturated carbocycles. The maximum absolute atomic E-state index is 4.82. The molecule has 1 saturated heterocycles. The van der Waals surface area contributed by atoms with E-state index < -0.39 is 0 Å². The molecule has 0 amide bonds. The molecular formula is C24H34N6. The number of nitrogens with zero attached hydrogens (tertiary/aromatic N) is 5. The van der Waals surface area contributed by atoms with E-state index in [2.05, 4.69) is 48.2 Å². The van der Waals surface area contributed by atoms with Gasteiger partial charge in [0.15, 0.2) is 0 Å². The molecule has 4 rings (SSSR count). The van der Waals surface area contributed by atoms with Crippen molar-refractivity contribution in [3.8, 4) is 11.3 Å². The summed E-state index contributed by atoms with van der Waals surface area (Å²) in [6.07, 6.45) is 10.3. The predicted octanol–water partition coefficient (Wildman–Crippen LogP) is 4.84. The van der Waals surface area contributed by atoms with Crippen LogP contribution < -0.4 is 5.32 Å². The van der Waals surface area contributed by atoms with Gasteiger partial charge < -0.3 is 10.2 Å². The largest absolute Gasteiger partial charge is 0.354 e. The molecule has 1 fully saturated rings. The van der Waals surface area contributed by atoms with Crippen LogP contribution in [0.25, 0.3) is 16.8 Å². The second-order valence-corrected chi connectivity index (χ2v) is 8.88. The van der Waals surface area contributed by atoms with Crippen LogP contribution in [0.2, 0.25) is 0 Å². The molecule has 0 atom stereocenters. The van der Waals surface area contributed by atoms with Crippen LogP contribution in [0.3, 0.4) is 0 Å². The highest BCUT2D eigenvalue weighted by atomic mass is 15.2. The first kappa shape index (κ1) is 20.8. The highest BCUT2D eigenvalue weighted by molar-refractivity contribution is 5.81. The van der Waals surface area contributed by atoms with Gasteiger partial charge in [-0.15, -0.1) is 0 Å². The average Bonchev–Trinajstić information content (AvgIpc) is 3.15. The van der Waals surface area contributed by atoms with Crippen molar-refractivity contribution < 1.29 is 0 Å². The third-order valence-corrected chi connectivity index (χ3v) is 6.19. The van der Waals surface area contributed by atoms with Crippen molar-refractivity contribution in [1.29, 1.82) is 0 Å². The number of rotatable bonds is 8. The van der Waals surface area contributed by atoms with Crippen LogP contribution >= 0.6 is 0 Å². The smallest absolute Gasteiger partial charge is 0.223 e. The molecule has 0 bridgehead atoms. The monoisotopic (exact) mass is 406 g/mol. The first-order chi connectivity index (χ1) is 14.6. The van der Waals surface area contributed by atoms with Gasteiger partial charge in [-0.1, -0.05) is 32.8 Å². The minimum Gasteiger partial charge on any atom is -0.354 e. The van der Waals surface area contributed by atoms with Crippen LogP contribution in [0.5, 0.6) is 0 Å². The molecule has 6 heteroatoms. The van der Waals surface area contributed by atoms with Crippen molar-refractivity contribution in [2.24, 2.45) is 5.92 Å². The summed E-state index contributed by atoms with van der Waals surface area (Å²) in [6, 6.07) is 8.15. The number of pyridine rings is 1. The summed E-state index contributed by atoms with van der Waals surface area (Å²) in [5.74, 6) is 1.94. The Morgan fingerprint density at radius 2 is 1.97 bits per heavy atom. The van der Waals surface area contributed by atoms with Crippen LogP contribution in [0, 0.1) is 5.92 Å². The van der Waals surface area contributed by atoms with Gasteiger partial charge >= 0.3 is 0 Å². The lowest BCUT2D eigenvalue weighted by Crippen LogP contribution is -2.30. The Hall–Kier alpha value is -2.47. The first-order valence-corrected chi connectivity index (χ1v) is 11.3. The molecule has 0 radical (unpaired) electrons. The second kappa shape index (κ2) is 9.56. The molecule has 1 aliphatic heterocycles. The maximum Gasteiger partial charge on any atom is 0.223 e. The van der Waals surface area contributed by atoms with Crippen molar-refractivity contribution in [3.63, 3.8) is 0 Å². The van der Waals surface area contributed by atoms with Crippen LogP contribution in [0.4, 0.5) is 5.95 Å².